The lowest BCUT2D eigenvalue weighted by atomic mass is 10.2. The second-order valence-corrected chi connectivity index (χ2v) is 7.13. The lowest BCUT2D eigenvalue weighted by Gasteiger charge is -2.13. The molecule has 0 fully saturated rings. The number of azo groups is 1. The molecule has 0 radical (unpaired) electrons. The van der Waals surface area contributed by atoms with Gasteiger partial charge in [-0.15, -0.1) is 22.0 Å². The zero-order valence-electron chi connectivity index (χ0n) is 15.2. The lowest BCUT2D eigenvalue weighted by Crippen LogP contribution is -2.25. The van der Waals surface area contributed by atoms with Crippen LogP contribution in [0.5, 0.6) is 5.75 Å². The lowest BCUT2D eigenvalue weighted by molar-refractivity contribution is 0.0694. The molecule has 0 amide bonds. The molecule has 1 unspecified atom stereocenters. The molecule has 2 aliphatic rings. The Morgan fingerprint density at radius 3 is 2.70 bits per heavy atom. The van der Waals surface area contributed by atoms with Gasteiger partial charge in [0.05, 0.1) is 5.69 Å². The fourth-order valence-electron chi connectivity index (χ4n) is 2.61. The minimum Gasteiger partial charge on any atom is -0.507 e. The number of amidine groups is 1. The molecule has 2 aliphatic heterocycles. The van der Waals surface area contributed by atoms with E-state index in [2.05, 4.69) is 30.2 Å². The van der Waals surface area contributed by atoms with Gasteiger partial charge in [0.15, 0.2) is 11.9 Å². The van der Waals surface area contributed by atoms with E-state index in [-0.39, 0.29) is 23.0 Å². The van der Waals surface area contributed by atoms with Crippen LogP contribution in [0.2, 0.25) is 0 Å². The predicted octanol–water partition coefficient (Wildman–Crippen LogP) is 3.82. The molecule has 2 aromatic rings. The minimum atomic E-state index is -1.24. The van der Waals surface area contributed by atoms with Crippen LogP contribution in [0.1, 0.15) is 15.9 Å². The summed E-state index contributed by atoms with van der Waals surface area (Å²) in [4.78, 5) is 27.9. The molecule has 2 aromatic carbocycles. The number of carboxylic acids is 1. The molecule has 0 bridgehead atoms. The first-order valence-corrected chi connectivity index (χ1v) is 9.60. The maximum absolute atomic E-state index is 13.0. The zero-order valence-corrected chi connectivity index (χ0v) is 16.0. The molecule has 150 valence electrons. The summed E-state index contributed by atoms with van der Waals surface area (Å²) < 4.78 is 13.0. The Morgan fingerprint density at radius 2 is 1.97 bits per heavy atom. The van der Waals surface area contributed by atoms with Gasteiger partial charge in [-0.05, 0) is 29.8 Å². The number of phenols is 1. The average Bonchev–Trinajstić information content (AvgIpc) is 3.15. The Kier molecular flexibility index (Phi) is 5.44. The van der Waals surface area contributed by atoms with Crippen molar-refractivity contribution in [2.24, 2.45) is 30.2 Å². The van der Waals surface area contributed by atoms with E-state index in [0.717, 1.165) is 5.56 Å². The second-order valence-electron chi connectivity index (χ2n) is 6.14. The van der Waals surface area contributed by atoms with Crippen molar-refractivity contribution < 1.29 is 19.4 Å². The normalized spacial score (nSPS) is 17.5. The van der Waals surface area contributed by atoms with Crippen LogP contribution in [0.15, 0.2) is 72.7 Å². The van der Waals surface area contributed by atoms with Crippen molar-refractivity contribution in [3.8, 4) is 5.75 Å². The molecule has 0 aromatic heterocycles. The number of benzene rings is 2. The van der Waals surface area contributed by atoms with Gasteiger partial charge >= 0.3 is 5.97 Å². The van der Waals surface area contributed by atoms with Crippen molar-refractivity contribution in [1.82, 2.24) is 0 Å². The van der Waals surface area contributed by atoms with Gasteiger partial charge in [0.25, 0.3) is 5.96 Å². The Balaban J connectivity index is 1.46. The van der Waals surface area contributed by atoms with Gasteiger partial charge < -0.3 is 10.2 Å². The van der Waals surface area contributed by atoms with Crippen LogP contribution in [-0.4, -0.2) is 45.4 Å². The van der Waals surface area contributed by atoms with Crippen molar-refractivity contribution in [1.29, 1.82) is 0 Å². The number of rotatable bonds is 4. The Hall–Kier alpha value is -3.73. The smallest absolute Gasteiger partial charge is 0.339 e. The van der Waals surface area contributed by atoms with E-state index < -0.39 is 17.8 Å². The Bertz CT molecular complexity index is 1160. The summed E-state index contributed by atoms with van der Waals surface area (Å²) in [5.41, 5.74) is 0.960. The molecule has 2 heterocycles. The first kappa shape index (κ1) is 19.6. The highest BCUT2D eigenvalue weighted by molar-refractivity contribution is 8.13. The highest BCUT2D eigenvalue weighted by atomic mass is 32.2. The molecule has 1 atom stereocenters. The Labute approximate surface area is 173 Å². The number of aromatic hydroxyl groups is 1. The van der Waals surface area contributed by atoms with Gasteiger partial charge in [0, 0.05) is 11.8 Å². The van der Waals surface area contributed by atoms with Crippen molar-refractivity contribution in [3.63, 3.8) is 0 Å². The number of hydrogen-bond donors (Lipinski definition) is 2. The van der Waals surface area contributed by atoms with E-state index in [4.69, 9.17) is 5.11 Å². The number of nitrogens with zero attached hydrogens (tertiary/aromatic N) is 6. The number of aromatic carboxylic acids is 1. The maximum Gasteiger partial charge on any atom is 0.339 e. The topological polar surface area (TPSA) is 132 Å². The third-order valence-electron chi connectivity index (χ3n) is 4.08. The fraction of sp³-hybridized carbons (Fsp3) is 0.105. The third kappa shape index (κ3) is 4.30. The van der Waals surface area contributed by atoms with Gasteiger partial charge in [-0.2, -0.15) is 4.99 Å². The van der Waals surface area contributed by atoms with Crippen LogP contribution < -0.4 is 0 Å². The molecule has 2 N–H and O–H groups in total. The third-order valence-corrected chi connectivity index (χ3v) is 5.18. The number of carbonyl (C=O) groups is 1. The summed E-state index contributed by atoms with van der Waals surface area (Å²) in [5, 5.41) is 27.2. The summed E-state index contributed by atoms with van der Waals surface area (Å²) in [7, 11) is 0. The van der Waals surface area contributed by atoms with E-state index >= 15 is 0 Å². The highest BCUT2D eigenvalue weighted by Gasteiger charge is 2.30. The van der Waals surface area contributed by atoms with E-state index in [1.165, 1.54) is 48.4 Å². The van der Waals surface area contributed by atoms with Crippen molar-refractivity contribution in [2.45, 2.75) is 11.8 Å². The SMILES string of the molecule is O=C(O)c1ccc(N=NC2=NC3C(=N2)N=CN=C3SCc2ccc(F)cc2)cc1O. The summed E-state index contributed by atoms with van der Waals surface area (Å²) in [6, 6.07) is 9.56. The predicted molar refractivity (Wildman–Crippen MR) is 112 cm³/mol. The van der Waals surface area contributed by atoms with Gasteiger partial charge in [0.2, 0.25) is 0 Å². The molecule has 0 spiro atoms. The van der Waals surface area contributed by atoms with Crippen LogP contribution in [0.25, 0.3) is 0 Å². The van der Waals surface area contributed by atoms with E-state index in [9.17, 15) is 14.3 Å². The van der Waals surface area contributed by atoms with Crippen LogP contribution in [0, 0.1) is 5.82 Å². The summed E-state index contributed by atoms with van der Waals surface area (Å²) in [6.07, 6.45) is 1.39. The standard InChI is InChI=1S/C19H13FN6O3S/c20-11-3-1-10(2-4-11)8-30-17-15-16(21-9-22-17)24-19(23-15)26-25-12-5-6-13(18(28)29)14(27)7-12/h1-7,9,15,27H,8H2,(H,28,29). The van der Waals surface area contributed by atoms with Crippen molar-refractivity contribution in [3.05, 3.63) is 59.4 Å². The molecule has 11 heteroatoms. The van der Waals surface area contributed by atoms with E-state index in [0.29, 0.717) is 16.6 Å². The molecule has 4 rings (SSSR count). The quantitative estimate of drug-likeness (QED) is 0.722. The van der Waals surface area contributed by atoms with Crippen LogP contribution in [0.4, 0.5) is 10.1 Å². The van der Waals surface area contributed by atoms with Crippen LogP contribution in [-0.2, 0) is 5.75 Å². The first-order chi connectivity index (χ1) is 14.5. The zero-order chi connectivity index (χ0) is 21.1. The van der Waals surface area contributed by atoms with Crippen LogP contribution >= 0.6 is 11.8 Å². The number of carboxylic acid groups (broad SMARTS) is 1. The number of halogens is 1. The molecular formula is C19H13FN6O3S. The number of hydrogen-bond acceptors (Lipinski definition) is 9. The summed E-state index contributed by atoms with van der Waals surface area (Å²) in [5.74, 6) is -0.840. The molecule has 0 saturated heterocycles. The highest BCUT2D eigenvalue weighted by Crippen LogP contribution is 2.26. The molecular weight excluding hydrogens is 411 g/mol. The Morgan fingerprint density at radius 1 is 1.17 bits per heavy atom. The summed E-state index contributed by atoms with van der Waals surface area (Å²) in [6.45, 7) is 0. The van der Waals surface area contributed by atoms with Gasteiger partial charge in [-0.25, -0.2) is 24.2 Å². The largest absolute Gasteiger partial charge is 0.507 e. The number of fused-ring (bicyclic) bond motifs is 1. The van der Waals surface area contributed by atoms with Gasteiger partial charge in [-0.1, -0.05) is 12.1 Å². The maximum atomic E-state index is 13.0. The monoisotopic (exact) mass is 424 g/mol. The van der Waals surface area contributed by atoms with Crippen LogP contribution in [0.3, 0.4) is 0 Å². The second kappa shape index (κ2) is 8.33. The van der Waals surface area contributed by atoms with Crippen molar-refractivity contribution >= 4 is 46.6 Å². The van der Waals surface area contributed by atoms with Crippen molar-refractivity contribution in [2.75, 3.05) is 0 Å². The molecule has 30 heavy (non-hydrogen) atoms. The van der Waals surface area contributed by atoms with Gasteiger partial charge in [-0.3, -0.25) is 0 Å². The van der Waals surface area contributed by atoms with E-state index in [1.54, 1.807) is 12.1 Å². The minimum absolute atomic E-state index is 0.0888. The molecule has 0 saturated carbocycles. The molecule has 0 aliphatic carbocycles. The number of thioether (sulfide) groups is 1. The average molecular weight is 424 g/mol. The molecule has 9 nitrogen and oxygen atoms in total. The van der Waals surface area contributed by atoms with E-state index in [1.807, 2.05) is 0 Å². The number of guanidine groups is 1. The number of aliphatic imine (C=N–C) groups is 4. The van der Waals surface area contributed by atoms with Gasteiger partial charge in [0.1, 0.15) is 28.5 Å². The summed E-state index contributed by atoms with van der Waals surface area (Å²) >= 11 is 1.44. The fourth-order valence-corrected chi connectivity index (χ4v) is 3.56. The first-order valence-electron chi connectivity index (χ1n) is 8.61.